The van der Waals surface area contributed by atoms with Crippen LogP contribution in [-0.2, 0) is 10.5 Å². The summed E-state index contributed by atoms with van der Waals surface area (Å²) >= 11 is 7.58. The molecule has 0 aliphatic carbocycles. The number of benzene rings is 2. The van der Waals surface area contributed by atoms with E-state index in [0.717, 1.165) is 16.2 Å². The smallest absolute Gasteiger partial charge is 0.251 e. The molecule has 0 heterocycles. The molecule has 0 saturated carbocycles. The monoisotopic (exact) mass is 379 g/mol. The Morgan fingerprint density at radius 3 is 2.56 bits per heavy atom. The summed E-state index contributed by atoms with van der Waals surface area (Å²) in [4.78, 5) is 13.5. The van der Waals surface area contributed by atoms with Crippen LogP contribution in [0.2, 0.25) is 5.02 Å². The van der Waals surface area contributed by atoms with Gasteiger partial charge in [-0.05, 0) is 49.4 Å². The zero-order valence-electron chi connectivity index (χ0n) is 14.5. The Kier molecular flexibility index (Phi) is 7.62. The second kappa shape index (κ2) is 9.70. The number of ether oxygens (including phenoxy) is 2. The molecule has 0 bridgehead atoms. The van der Waals surface area contributed by atoms with Crippen LogP contribution in [0.1, 0.15) is 22.8 Å². The molecule has 4 nitrogen and oxygen atoms in total. The van der Waals surface area contributed by atoms with E-state index >= 15 is 0 Å². The van der Waals surface area contributed by atoms with Gasteiger partial charge in [-0.3, -0.25) is 4.79 Å². The van der Waals surface area contributed by atoms with Crippen LogP contribution in [-0.4, -0.2) is 32.8 Å². The second-order valence-corrected chi connectivity index (χ2v) is 7.08. The molecule has 0 aliphatic rings. The first kappa shape index (κ1) is 19.6. The molecule has 0 spiro atoms. The number of halogens is 1. The van der Waals surface area contributed by atoms with E-state index in [4.69, 9.17) is 21.1 Å². The molecule has 2 rings (SSSR count). The van der Waals surface area contributed by atoms with Crippen molar-refractivity contribution in [1.29, 1.82) is 0 Å². The van der Waals surface area contributed by atoms with Crippen molar-refractivity contribution in [3.63, 3.8) is 0 Å². The summed E-state index contributed by atoms with van der Waals surface area (Å²) in [5.74, 6) is 1.34. The fraction of sp³-hybridized carbons (Fsp3) is 0.316. The third kappa shape index (κ3) is 5.96. The first-order valence-electron chi connectivity index (χ1n) is 7.88. The highest BCUT2D eigenvalue weighted by Crippen LogP contribution is 2.29. The van der Waals surface area contributed by atoms with Gasteiger partial charge in [-0.15, -0.1) is 11.8 Å². The summed E-state index contributed by atoms with van der Waals surface area (Å²) < 4.78 is 10.5. The molecule has 1 amide bonds. The van der Waals surface area contributed by atoms with Crippen molar-refractivity contribution in [3.05, 3.63) is 58.6 Å². The summed E-state index contributed by atoms with van der Waals surface area (Å²) in [7, 11) is 3.24. The van der Waals surface area contributed by atoms with Gasteiger partial charge in [0.15, 0.2) is 0 Å². The van der Waals surface area contributed by atoms with Crippen molar-refractivity contribution in [2.24, 2.45) is 0 Å². The van der Waals surface area contributed by atoms with Crippen molar-refractivity contribution in [1.82, 2.24) is 5.32 Å². The predicted octanol–water partition coefficient (Wildman–Crippen LogP) is 4.41. The molecule has 6 heteroatoms. The molecule has 2 aromatic rings. The van der Waals surface area contributed by atoms with Crippen LogP contribution in [0, 0.1) is 0 Å². The Labute approximate surface area is 157 Å². The van der Waals surface area contributed by atoms with Gasteiger partial charge in [-0.25, -0.2) is 0 Å². The average molecular weight is 380 g/mol. The quantitative estimate of drug-likeness (QED) is 0.690. The number of nitrogens with one attached hydrogen (secondary N) is 1. The first-order valence-corrected chi connectivity index (χ1v) is 9.25. The zero-order valence-corrected chi connectivity index (χ0v) is 16.1. The Morgan fingerprint density at radius 2 is 1.92 bits per heavy atom. The van der Waals surface area contributed by atoms with Crippen molar-refractivity contribution >= 4 is 29.3 Å². The van der Waals surface area contributed by atoms with Gasteiger partial charge in [0.25, 0.3) is 5.91 Å². The van der Waals surface area contributed by atoms with Crippen LogP contribution in [0.15, 0.2) is 47.4 Å². The van der Waals surface area contributed by atoms with E-state index in [0.29, 0.717) is 22.9 Å². The fourth-order valence-corrected chi connectivity index (χ4v) is 3.33. The van der Waals surface area contributed by atoms with Crippen LogP contribution in [0.3, 0.4) is 0 Å². The minimum absolute atomic E-state index is 0.0495. The molecule has 1 atom stereocenters. The number of methoxy groups -OCH3 is 2. The SMILES string of the molecule is COC[C@@H](C)NC(=O)c1ccc(OC)c(CSc2ccc(Cl)cc2)c1. The topological polar surface area (TPSA) is 47.6 Å². The molecule has 0 aliphatic heterocycles. The number of hydrogen-bond acceptors (Lipinski definition) is 4. The van der Waals surface area contributed by atoms with Gasteiger partial charge in [0.2, 0.25) is 0 Å². The highest BCUT2D eigenvalue weighted by Gasteiger charge is 2.13. The van der Waals surface area contributed by atoms with Gasteiger partial charge < -0.3 is 14.8 Å². The molecule has 0 radical (unpaired) electrons. The number of amides is 1. The molecule has 134 valence electrons. The van der Waals surface area contributed by atoms with Crippen LogP contribution in [0.25, 0.3) is 0 Å². The maximum atomic E-state index is 12.4. The summed E-state index contributed by atoms with van der Waals surface area (Å²) in [5.41, 5.74) is 1.57. The first-order chi connectivity index (χ1) is 12.0. The van der Waals surface area contributed by atoms with E-state index in [1.165, 1.54) is 0 Å². The number of carbonyl (C=O) groups is 1. The third-order valence-electron chi connectivity index (χ3n) is 3.54. The van der Waals surface area contributed by atoms with Gasteiger partial charge in [-0.1, -0.05) is 11.6 Å². The molecule has 25 heavy (non-hydrogen) atoms. The standard InChI is InChI=1S/C19H22ClNO3S/c1-13(11-23-2)21-19(22)14-4-9-18(24-3)15(10-14)12-25-17-7-5-16(20)6-8-17/h4-10,13H,11-12H2,1-3H3,(H,21,22)/t13-/m1/s1. The van der Waals surface area contributed by atoms with Gasteiger partial charge in [0.1, 0.15) is 5.75 Å². The second-order valence-electron chi connectivity index (χ2n) is 5.60. The van der Waals surface area contributed by atoms with Crippen molar-refractivity contribution in [2.45, 2.75) is 23.6 Å². The Hall–Kier alpha value is -1.69. The van der Waals surface area contributed by atoms with E-state index in [1.54, 1.807) is 32.0 Å². The molecule has 0 saturated heterocycles. The Balaban J connectivity index is 2.10. The highest BCUT2D eigenvalue weighted by molar-refractivity contribution is 7.98. The third-order valence-corrected chi connectivity index (χ3v) is 4.86. The maximum Gasteiger partial charge on any atom is 0.251 e. The largest absolute Gasteiger partial charge is 0.496 e. The van der Waals surface area contributed by atoms with Gasteiger partial charge in [-0.2, -0.15) is 0 Å². The Bertz CT molecular complexity index is 706. The van der Waals surface area contributed by atoms with Crippen LogP contribution in [0.4, 0.5) is 0 Å². The van der Waals surface area contributed by atoms with E-state index in [-0.39, 0.29) is 11.9 Å². The Morgan fingerprint density at radius 1 is 1.20 bits per heavy atom. The van der Waals surface area contributed by atoms with Crippen molar-refractivity contribution in [3.8, 4) is 5.75 Å². The molecule has 0 fully saturated rings. The summed E-state index contributed by atoms with van der Waals surface area (Å²) in [6.45, 7) is 2.38. The van der Waals surface area contributed by atoms with Crippen LogP contribution < -0.4 is 10.1 Å². The fourth-order valence-electron chi connectivity index (χ4n) is 2.32. The number of rotatable bonds is 8. The zero-order chi connectivity index (χ0) is 18.2. The molecule has 0 aromatic heterocycles. The van der Waals surface area contributed by atoms with Gasteiger partial charge >= 0.3 is 0 Å². The number of hydrogen-bond donors (Lipinski definition) is 1. The lowest BCUT2D eigenvalue weighted by Gasteiger charge is -2.14. The average Bonchev–Trinajstić information content (AvgIpc) is 2.61. The maximum absolute atomic E-state index is 12.4. The highest BCUT2D eigenvalue weighted by atomic mass is 35.5. The van der Waals surface area contributed by atoms with Crippen LogP contribution in [0.5, 0.6) is 5.75 Å². The lowest BCUT2D eigenvalue weighted by molar-refractivity contribution is 0.0905. The summed E-state index contributed by atoms with van der Waals surface area (Å²) in [5, 5.41) is 3.63. The molecule has 2 aromatic carbocycles. The normalized spacial score (nSPS) is 11.8. The minimum Gasteiger partial charge on any atom is -0.496 e. The van der Waals surface area contributed by atoms with Crippen LogP contribution >= 0.6 is 23.4 Å². The molecule has 0 unspecified atom stereocenters. The predicted molar refractivity (Wildman–Crippen MR) is 103 cm³/mol. The molecule has 1 N–H and O–H groups in total. The lowest BCUT2D eigenvalue weighted by atomic mass is 10.1. The number of thioether (sulfide) groups is 1. The van der Waals surface area contributed by atoms with E-state index in [2.05, 4.69) is 5.32 Å². The van der Waals surface area contributed by atoms with E-state index in [9.17, 15) is 4.79 Å². The van der Waals surface area contributed by atoms with Gasteiger partial charge in [0, 0.05) is 39.9 Å². The molecular formula is C19H22ClNO3S. The van der Waals surface area contributed by atoms with E-state index in [1.807, 2.05) is 43.3 Å². The number of carbonyl (C=O) groups excluding carboxylic acids is 1. The minimum atomic E-state index is -0.120. The summed E-state index contributed by atoms with van der Waals surface area (Å²) in [6, 6.07) is 13.1. The van der Waals surface area contributed by atoms with Crippen molar-refractivity contribution in [2.75, 3.05) is 20.8 Å². The van der Waals surface area contributed by atoms with E-state index < -0.39 is 0 Å². The summed E-state index contributed by atoms with van der Waals surface area (Å²) in [6.07, 6.45) is 0. The lowest BCUT2D eigenvalue weighted by Crippen LogP contribution is -2.35. The molecular weight excluding hydrogens is 358 g/mol. The van der Waals surface area contributed by atoms with Gasteiger partial charge in [0.05, 0.1) is 13.7 Å². The van der Waals surface area contributed by atoms with Crippen molar-refractivity contribution < 1.29 is 14.3 Å².